The lowest BCUT2D eigenvalue weighted by atomic mass is 10.1. The quantitative estimate of drug-likeness (QED) is 0.915. The van der Waals surface area contributed by atoms with Gasteiger partial charge in [-0.25, -0.2) is 0 Å². The van der Waals surface area contributed by atoms with Gasteiger partial charge in [0.25, 0.3) is 0 Å². The lowest BCUT2D eigenvalue weighted by Gasteiger charge is -2.32. The van der Waals surface area contributed by atoms with Crippen molar-refractivity contribution < 1.29 is 4.79 Å². The lowest BCUT2D eigenvalue weighted by molar-refractivity contribution is -0.136. The monoisotopic (exact) mass is 301 g/mol. The summed E-state index contributed by atoms with van der Waals surface area (Å²) in [5.74, 6) is 0.258. The van der Waals surface area contributed by atoms with Gasteiger partial charge in [-0.1, -0.05) is 24.3 Å². The minimum atomic E-state index is -0.0331. The van der Waals surface area contributed by atoms with Crippen LogP contribution in [0.5, 0.6) is 0 Å². The molecule has 1 amide bonds. The third-order valence-corrected chi connectivity index (χ3v) is 5.23. The molecule has 0 unspecified atom stereocenters. The van der Waals surface area contributed by atoms with E-state index in [1.807, 2.05) is 18.7 Å². The Labute approximate surface area is 133 Å². The van der Waals surface area contributed by atoms with Crippen molar-refractivity contribution in [3.63, 3.8) is 0 Å². The Morgan fingerprint density at radius 3 is 2.36 bits per heavy atom. The van der Waals surface area contributed by atoms with Crippen LogP contribution in [0.3, 0.4) is 0 Å². The third-order valence-electron chi connectivity index (χ3n) is 5.23. The molecule has 120 valence electrons. The maximum absolute atomic E-state index is 12.8. The summed E-state index contributed by atoms with van der Waals surface area (Å²) in [6, 6.07) is 9.15. The standard InChI is InChI=1S/C18H27N3O/c1-3-20(4-2)18(22)17-11-15(19)12-21(17)16-9-13-7-5-6-8-14(13)10-16/h5-8,15-17H,3-4,9-12,19H2,1-2H3/t15-,17-/m0/s1. The van der Waals surface area contributed by atoms with Gasteiger partial charge in [0.2, 0.25) is 5.91 Å². The van der Waals surface area contributed by atoms with Crippen molar-refractivity contribution in [3.8, 4) is 0 Å². The van der Waals surface area contributed by atoms with Gasteiger partial charge in [-0.05, 0) is 44.2 Å². The topological polar surface area (TPSA) is 49.6 Å². The van der Waals surface area contributed by atoms with Crippen LogP contribution in [0.25, 0.3) is 0 Å². The van der Waals surface area contributed by atoms with E-state index >= 15 is 0 Å². The van der Waals surface area contributed by atoms with E-state index in [-0.39, 0.29) is 18.0 Å². The van der Waals surface area contributed by atoms with Crippen LogP contribution >= 0.6 is 0 Å². The summed E-state index contributed by atoms with van der Waals surface area (Å²) in [6.45, 7) is 6.49. The number of nitrogens with two attached hydrogens (primary N) is 1. The second-order valence-corrected chi connectivity index (χ2v) is 6.55. The van der Waals surface area contributed by atoms with Gasteiger partial charge < -0.3 is 10.6 Å². The Kier molecular flexibility index (Phi) is 4.50. The van der Waals surface area contributed by atoms with Gasteiger partial charge in [-0.2, -0.15) is 0 Å². The van der Waals surface area contributed by atoms with Crippen LogP contribution in [0.4, 0.5) is 0 Å². The van der Waals surface area contributed by atoms with Crippen LogP contribution in [0.2, 0.25) is 0 Å². The van der Waals surface area contributed by atoms with E-state index in [2.05, 4.69) is 29.2 Å². The fraction of sp³-hybridized carbons (Fsp3) is 0.611. The van der Waals surface area contributed by atoms with Crippen molar-refractivity contribution in [1.29, 1.82) is 0 Å². The minimum Gasteiger partial charge on any atom is -0.342 e. The van der Waals surface area contributed by atoms with Crippen LogP contribution in [-0.2, 0) is 17.6 Å². The second-order valence-electron chi connectivity index (χ2n) is 6.55. The number of hydrogen-bond acceptors (Lipinski definition) is 3. The maximum atomic E-state index is 12.8. The number of amides is 1. The number of likely N-dealkylation sites (tertiary alicyclic amines) is 1. The van der Waals surface area contributed by atoms with Crippen LogP contribution in [0.1, 0.15) is 31.4 Å². The Bertz CT molecular complexity index is 516. The van der Waals surface area contributed by atoms with Crippen molar-refractivity contribution in [2.45, 2.75) is 51.2 Å². The van der Waals surface area contributed by atoms with E-state index in [1.54, 1.807) is 0 Å². The molecule has 3 rings (SSSR count). The molecule has 1 aromatic carbocycles. The molecular formula is C18H27N3O. The van der Waals surface area contributed by atoms with Gasteiger partial charge in [0, 0.05) is 31.7 Å². The summed E-state index contributed by atoms with van der Waals surface area (Å²) in [5, 5.41) is 0. The SMILES string of the molecule is CCN(CC)C(=O)[C@@H]1C[C@H](N)CN1C1Cc2ccccc2C1. The highest BCUT2D eigenvalue weighted by Gasteiger charge is 2.41. The molecule has 0 bridgehead atoms. The van der Waals surface area contributed by atoms with Crippen molar-refractivity contribution in [2.75, 3.05) is 19.6 Å². The van der Waals surface area contributed by atoms with Crippen LogP contribution in [-0.4, -0.2) is 53.5 Å². The highest BCUT2D eigenvalue weighted by molar-refractivity contribution is 5.82. The van der Waals surface area contributed by atoms with Gasteiger partial charge in [-0.3, -0.25) is 9.69 Å². The number of likely N-dealkylation sites (N-methyl/N-ethyl adjacent to an activating group) is 1. The van der Waals surface area contributed by atoms with Crippen molar-refractivity contribution in [3.05, 3.63) is 35.4 Å². The molecule has 1 aliphatic carbocycles. The summed E-state index contributed by atoms with van der Waals surface area (Å²) in [6.07, 6.45) is 2.89. The Hall–Kier alpha value is -1.39. The summed E-state index contributed by atoms with van der Waals surface area (Å²) >= 11 is 0. The molecule has 1 fully saturated rings. The molecule has 0 saturated carbocycles. The predicted molar refractivity (Wildman–Crippen MR) is 88.7 cm³/mol. The van der Waals surface area contributed by atoms with Crippen LogP contribution < -0.4 is 5.73 Å². The van der Waals surface area contributed by atoms with Crippen molar-refractivity contribution in [2.24, 2.45) is 5.73 Å². The highest BCUT2D eigenvalue weighted by atomic mass is 16.2. The first-order valence-corrected chi connectivity index (χ1v) is 8.50. The molecule has 2 atom stereocenters. The molecule has 4 nitrogen and oxygen atoms in total. The first-order valence-electron chi connectivity index (χ1n) is 8.50. The first-order chi connectivity index (χ1) is 10.6. The number of rotatable bonds is 4. The van der Waals surface area contributed by atoms with E-state index in [0.717, 1.165) is 38.9 Å². The number of carbonyl (C=O) groups excluding carboxylic acids is 1. The molecule has 1 saturated heterocycles. The zero-order chi connectivity index (χ0) is 15.7. The largest absolute Gasteiger partial charge is 0.342 e. The highest BCUT2D eigenvalue weighted by Crippen LogP contribution is 2.30. The molecule has 1 aromatic rings. The fourth-order valence-electron chi connectivity index (χ4n) is 4.06. The number of fused-ring (bicyclic) bond motifs is 1. The Balaban J connectivity index is 1.76. The first kappa shape index (κ1) is 15.5. The maximum Gasteiger partial charge on any atom is 0.239 e. The molecule has 1 heterocycles. The van der Waals surface area contributed by atoms with E-state index in [9.17, 15) is 4.79 Å². The van der Waals surface area contributed by atoms with E-state index in [4.69, 9.17) is 5.73 Å². The molecular weight excluding hydrogens is 274 g/mol. The van der Waals surface area contributed by atoms with Gasteiger partial charge in [0.1, 0.15) is 0 Å². The van der Waals surface area contributed by atoms with E-state index in [0.29, 0.717) is 6.04 Å². The van der Waals surface area contributed by atoms with E-state index in [1.165, 1.54) is 11.1 Å². The lowest BCUT2D eigenvalue weighted by Crippen LogP contribution is -2.49. The van der Waals surface area contributed by atoms with Gasteiger partial charge >= 0.3 is 0 Å². The smallest absolute Gasteiger partial charge is 0.239 e. The summed E-state index contributed by atoms with van der Waals surface area (Å²) in [4.78, 5) is 17.1. The van der Waals surface area contributed by atoms with Gasteiger partial charge in [0.05, 0.1) is 6.04 Å². The van der Waals surface area contributed by atoms with Gasteiger partial charge in [-0.15, -0.1) is 0 Å². The molecule has 22 heavy (non-hydrogen) atoms. The predicted octanol–water partition coefficient (Wildman–Crippen LogP) is 1.42. The molecule has 2 N–H and O–H groups in total. The molecule has 4 heteroatoms. The van der Waals surface area contributed by atoms with Gasteiger partial charge in [0.15, 0.2) is 0 Å². The molecule has 1 aliphatic heterocycles. The van der Waals surface area contributed by atoms with Crippen molar-refractivity contribution >= 4 is 5.91 Å². The summed E-state index contributed by atoms with van der Waals surface area (Å²) < 4.78 is 0. The average Bonchev–Trinajstić information content (AvgIpc) is 3.11. The minimum absolute atomic E-state index is 0.0331. The summed E-state index contributed by atoms with van der Waals surface area (Å²) in [5.41, 5.74) is 9.06. The Morgan fingerprint density at radius 1 is 1.23 bits per heavy atom. The number of hydrogen-bond donors (Lipinski definition) is 1. The van der Waals surface area contributed by atoms with Crippen LogP contribution in [0, 0.1) is 0 Å². The molecule has 0 spiro atoms. The van der Waals surface area contributed by atoms with Crippen molar-refractivity contribution in [1.82, 2.24) is 9.80 Å². The molecule has 0 radical (unpaired) electrons. The van der Waals surface area contributed by atoms with E-state index < -0.39 is 0 Å². The second kappa shape index (κ2) is 6.39. The molecule has 2 aliphatic rings. The third kappa shape index (κ3) is 2.77. The average molecular weight is 301 g/mol. The Morgan fingerprint density at radius 2 is 1.82 bits per heavy atom. The zero-order valence-electron chi connectivity index (χ0n) is 13.7. The number of nitrogens with zero attached hydrogens (tertiary/aromatic N) is 2. The molecule has 0 aromatic heterocycles. The number of benzene rings is 1. The fourth-order valence-corrected chi connectivity index (χ4v) is 4.06. The van der Waals surface area contributed by atoms with Crippen LogP contribution in [0.15, 0.2) is 24.3 Å². The number of carbonyl (C=O) groups is 1. The normalized spacial score (nSPS) is 25.4. The zero-order valence-corrected chi connectivity index (χ0v) is 13.7. The summed E-state index contributed by atoms with van der Waals surface area (Å²) in [7, 11) is 0.